The minimum absolute atomic E-state index is 0.164. The van der Waals surface area contributed by atoms with Gasteiger partial charge in [0.15, 0.2) is 5.82 Å². The Morgan fingerprint density at radius 3 is 2.90 bits per heavy atom. The average Bonchev–Trinajstić information content (AvgIpc) is 3.35. The fourth-order valence-corrected chi connectivity index (χ4v) is 4.80. The Bertz CT molecular complexity index is 1320. The first-order valence-electron chi connectivity index (χ1n) is 9.39. The van der Waals surface area contributed by atoms with Crippen LogP contribution < -0.4 is 10.9 Å². The number of thioether (sulfide) groups is 1. The Hall–Kier alpha value is -3.05. The first-order valence-corrected chi connectivity index (χ1v) is 11.3. The van der Waals surface area contributed by atoms with Crippen LogP contribution in [0.2, 0.25) is 0 Å². The molecular weight excluding hydrogens is 439 g/mol. The van der Waals surface area contributed by atoms with Gasteiger partial charge in [-0.1, -0.05) is 0 Å². The van der Waals surface area contributed by atoms with Crippen molar-refractivity contribution in [2.45, 2.75) is 31.8 Å². The van der Waals surface area contributed by atoms with Crippen molar-refractivity contribution in [3.8, 4) is 5.69 Å². The summed E-state index contributed by atoms with van der Waals surface area (Å²) in [5.41, 5.74) is 1.36. The van der Waals surface area contributed by atoms with Crippen LogP contribution in [0, 0.1) is 19.7 Å². The number of H-pyrrole nitrogens is 1. The van der Waals surface area contributed by atoms with Crippen LogP contribution in [0.5, 0.6) is 0 Å². The Labute approximate surface area is 184 Å². The molecule has 2 N–H and O–H groups in total. The second kappa shape index (κ2) is 8.60. The molecule has 160 valence electrons. The van der Waals surface area contributed by atoms with Crippen molar-refractivity contribution in [3.05, 3.63) is 63.3 Å². The van der Waals surface area contributed by atoms with Crippen molar-refractivity contribution < 1.29 is 9.18 Å². The minimum Gasteiger partial charge on any atom is -0.325 e. The predicted octanol–water partition coefficient (Wildman–Crippen LogP) is 3.58. The zero-order chi connectivity index (χ0) is 22.1. The van der Waals surface area contributed by atoms with Crippen molar-refractivity contribution in [1.82, 2.24) is 24.7 Å². The lowest BCUT2D eigenvalue weighted by Gasteiger charge is -2.12. The number of benzene rings is 1. The van der Waals surface area contributed by atoms with E-state index in [-0.39, 0.29) is 17.2 Å². The number of carbonyl (C=O) groups excluding carboxylic acids is 1. The Balaban J connectivity index is 1.41. The topological polar surface area (TPSA) is 106 Å². The predicted molar refractivity (Wildman–Crippen MR) is 120 cm³/mol. The van der Waals surface area contributed by atoms with Crippen LogP contribution in [-0.4, -0.2) is 35.9 Å². The van der Waals surface area contributed by atoms with Crippen LogP contribution in [0.4, 0.5) is 10.1 Å². The first-order chi connectivity index (χ1) is 14.8. The molecule has 0 aliphatic carbocycles. The van der Waals surface area contributed by atoms with E-state index in [0.717, 1.165) is 10.4 Å². The Kier molecular flexibility index (Phi) is 5.88. The van der Waals surface area contributed by atoms with Crippen LogP contribution in [0.15, 0.2) is 35.6 Å². The molecule has 4 rings (SSSR count). The molecule has 0 bridgehead atoms. The number of thiophene rings is 1. The molecule has 3 aromatic heterocycles. The van der Waals surface area contributed by atoms with Gasteiger partial charge in [-0.2, -0.15) is 5.10 Å². The Morgan fingerprint density at radius 2 is 2.19 bits per heavy atom. The van der Waals surface area contributed by atoms with E-state index in [2.05, 4.69) is 25.4 Å². The highest BCUT2D eigenvalue weighted by Crippen LogP contribution is 2.27. The fourth-order valence-electron chi connectivity index (χ4n) is 2.99. The molecule has 0 aliphatic heterocycles. The summed E-state index contributed by atoms with van der Waals surface area (Å²) in [6, 6.07) is 4.36. The van der Waals surface area contributed by atoms with E-state index in [0.29, 0.717) is 27.5 Å². The van der Waals surface area contributed by atoms with Crippen molar-refractivity contribution in [2.24, 2.45) is 0 Å². The van der Waals surface area contributed by atoms with Crippen LogP contribution in [-0.2, 0) is 10.5 Å². The number of anilines is 1. The van der Waals surface area contributed by atoms with Crippen molar-refractivity contribution >= 4 is 44.9 Å². The third-order valence-corrected chi connectivity index (χ3v) is 7.06. The summed E-state index contributed by atoms with van der Waals surface area (Å²) in [6.07, 6.45) is 2.71. The summed E-state index contributed by atoms with van der Waals surface area (Å²) in [6.45, 7) is 5.62. The molecule has 0 spiro atoms. The van der Waals surface area contributed by atoms with Crippen LogP contribution in [0.25, 0.3) is 15.9 Å². The number of nitrogens with zero attached hydrogens (tertiary/aromatic N) is 4. The third-order valence-electron chi connectivity index (χ3n) is 4.81. The summed E-state index contributed by atoms with van der Waals surface area (Å²) in [4.78, 5) is 37.8. The zero-order valence-corrected chi connectivity index (χ0v) is 18.6. The molecule has 0 fully saturated rings. The lowest BCUT2D eigenvalue weighted by atomic mass is 10.2. The number of hydrogen-bond acceptors (Lipinski definition) is 7. The van der Waals surface area contributed by atoms with E-state index in [9.17, 15) is 14.0 Å². The number of aryl methyl sites for hydroxylation is 2. The van der Waals surface area contributed by atoms with Gasteiger partial charge in [0, 0.05) is 10.6 Å². The average molecular weight is 459 g/mol. The quantitative estimate of drug-likeness (QED) is 0.458. The number of amides is 1. The standard InChI is InChI=1S/C20H19FN6O2S2/c1-10-11(2)31-20-17(10)19(29)25-16(26-20)7-30-12(3)18(28)24-13-4-5-15(14(21)6-13)27-9-22-8-23-27/h4-6,8-9,12H,7H2,1-3H3,(H,24,28)(H,25,26,29). The Morgan fingerprint density at radius 1 is 1.39 bits per heavy atom. The fraction of sp³-hybridized carbons (Fsp3) is 0.250. The van der Waals surface area contributed by atoms with E-state index >= 15 is 0 Å². The maximum atomic E-state index is 14.3. The van der Waals surface area contributed by atoms with Gasteiger partial charge in [-0.15, -0.1) is 23.1 Å². The molecule has 1 unspecified atom stereocenters. The molecule has 0 aliphatic rings. The molecule has 3 heterocycles. The molecule has 11 heteroatoms. The maximum absolute atomic E-state index is 14.3. The number of aromatic nitrogens is 5. The van der Waals surface area contributed by atoms with Crippen molar-refractivity contribution in [1.29, 1.82) is 0 Å². The first kappa shape index (κ1) is 21.2. The molecule has 1 aromatic carbocycles. The lowest BCUT2D eigenvalue weighted by Crippen LogP contribution is -2.23. The second-order valence-electron chi connectivity index (χ2n) is 6.92. The smallest absolute Gasteiger partial charge is 0.259 e. The summed E-state index contributed by atoms with van der Waals surface area (Å²) < 4.78 is 15.6. The number of carbonyl (C=O) groups is 1. The number of aromatic amines is 1. The SMILES string of the molecule is Cc1sc2nc(CSC(C)C(=O)Nc3ccc(-n4cncn4)c(F)c3)[nH]c(=O)c2c1C. The van der Waals surface area contributed by atoms with E-state index in [4.69, 9.17) is 0 Å². The highest BCUT2D eigenvalue weighted by Gasteiger charge is 2.17. The molecular formula is C20H19FN6O2S2. The number of fused-ring (bicyclic) bond motifs is 1. The van der Waals surface area contributed by atoms with Gasteiger partial charge in [0.1, 0.15) is 29.0 Å². The van der Waals surface area contributed by atoms with Gasteiger partial charge in [-0.05, 0) is 44.5 Å². The second-order valence-corrected chi connectivity index (χ2v) is 9.46. The van der Waals surface area contributed by atoms with E-state index in [1.54, 1.807) is 13.0 Å². The minimum atomic E-state index is -0.528. The van der Waals surface area contributed by atoms with Gasteiger partial charge in [0.2, 0.25) is 5.91 Å². The molecule has 4 aromatic rings. The van der Waals surface area contributed by atoms with Crippen molar-refractivity contribution in [3.63, 3.8) is 0 Å². The van der Waals surface area contributed by atoms with Gasteiger partial charge < -0.3 is 10.3 Å². The molecule has 8 nitrogen and oxygen atoms in total. The molecule has 1 amide bonds. The number of hydrogen-bond donors (Lipinski definition) is 2. The van der Waals surface area contributed by atoms with Gasteiger partial charge in [-0.3, -0.25) is 9.59 Å². The number of rotatable bonds is 6. The lowest BCUT2D eigenvalue weighted by molar-refractivity contribution is -0.115. The van der Waals surface area contributed by atoms with Gasteiger partial charge in [0.25, 0.3) is 5.56 Å². The maximum Gasteiger partial charge on any atom is 0.259 e. The van der Waals surface area contributed by atoms with Crippen LogP contribution in [0.3, 0.4) is 0 Å². The largest absolute Gasteiger partial charge is 0.325 e. The van der Waals surface area contributed by atoms with Gasteiger partial charge in [0.05, 0.1) is 16.4 Å². The highest BCUT2D eigenvalue weighted by atomic mass is 32.2. The third kappa shape index (κ3) is 4.37. The zero-order valence-electron chi connectivity index (χ0n) is 17.0. The van der Waals surface area contributed by atoms with Crippen LogP contribution in [0.1, 0.15) is 23.2 Å². The van der Waals surface area contributed by atoms with E-state index < -0.39 is 11.1 Å². The summed E-state index contributed by atoms with van der Waals surface area (Å²) in [5.74, 6) is 0.0889. The summed E-state index contributed by atoms with van der Waals surface area (Å²) >= 11 is 2.82. The molecule has 1 atom stereocenters. The van der Waals surface area contributed by atoms with Crippen LogP contribution >= 0.6 is 23.1 Å². The normalized spacial score (nSPS) is 12.3. The van der Waals surface area contributed by atoms with E-state index in [1.165, 1.54) is 52.6 Å². The van der Waals surface area contributed by atoms with Gasteiger partial charge in [-0.25, -0.2) is 19.0 Å². The monoisotopic (exact) mass is 458 g/mol. The molecule has 0 saturated carbocycles. The summed E-state index contributed by atoms with van der Waals surface area (Å²) in [5, 5.41) is 6.79. The molecule has 0 radical (unpaired) electrons. The summed E-state index contributed by atoms with van der Waals surface area (Å²) in [7, 11) is 0. The highest BCUT2D eigenvalue weighted by molar-refractivity contribution is 7.99. The van der Waals surface area contributed by atoms with Crippen molar-refractivity contribution in [2.75, 3.05) is 5.32 Å². The number of halogens is 1. The molecule has 31 heavy (non-hydrogen) atoms. The van der Waals surface area contributed by atoms with E-state index in [1.807, 2.05) is 13.8 Å². The number of nitrogens with one attached hydrogen (secondary N) is 2. The molecule has 0 saturated heterocycles. The van der Waals surface area contributed by atoms with Gasteiger partial charge >= 0.3 is 0 Å².